The monoisotopic (exact) mass is 256 g/mol. The number of hydrogen-bond donors (Lipinski definition) is 1. The first kappa shape index (κ1) is 12.4. The van der Waals surface area contributed by atoms with Gasteiger partial charge in [0.25, 0.3) is 0 Å². The quantitative estimate of drug-likeness (QED) is 0.918. The summed E-state index contributed by atoms with van der Waals surface area (Å²) in [6, 6.07) is 6.71. The number of rotatable bonds is 3. The van der Waals surface area contributed by atoms with Crippen molar-refractivity contribution in [3.63, 3.8) is 0 Å². The van der Waals surface area contributed by atoms with Crippen molar-refractivity contribution in [1.82, 2.24) is 20.1 Å². The van der Waals surface area contributed by atoms with Crippen LogP contribution in [-0.4, -0.2) is 26.6 Å². The molecule has 2 aromatic rings. The van der Waals surface area contributed by atoms with Crippen LogP contribution in [0.3, 0.4) is 0 Å². The lowest BCUT2D eigenvalue weighted by atomic mass is 10.1. The standard InChI is InChI=1S/C15H20N4/c1-11-9-16-18-15(11)14-7-4-8-19(14)10-13-6-3-5-12(2)17-13/h3,5-6,9,14H,4,7-8,10H2,1-2H3,(H,16,18)/t14-/m1/s1. The lowest BCUT2D eigenvalue weighted by Crippen LogP contribution is -2.24. The summed E-state index contributed by atoms with van der Waals surface area (Å²) in [5.74, 6) is 0. The van der Waals surface area contributed by atoms with E-state index in [0.29, 0.717) is 6.04 Å². The Balaban J connectivity index is 1.79. The Morgan fingerprint density at radius 2 is 2.26 bits per heavy atom. The number of aromatic nitrogens is 3. The van der Waals surface area contributed by atoms with Gasteiger partial charge in [-0.15, -0.1) is 0 Å². The summed E-state index contributed by atoms with van der Waals surface area (Å²) in [6.45, 7) is 6.23. The molecule has 100 valence electrons. The van der Waals surface area contributed by atoms with Gasteiger partial charge < -0.3 is 0 Å². The highest BCUT2D eigenvalue weighted by molar-refractivity contribution is 5.19. The summed E-state index contributed by atoms with van der Waals surface area (Å²) in [6.07, 6.45) is 4.36. The van der Waals surface area contributed by atoms with E-state index >= 15 is 0 Å². The maximum atomic E-state index is 4.61. The highest BCUT2D eigenvalue weighted by atomic mass is 15.2. The lowest BCUT2D eigenvalue weighted by Gasteiger charge is -2.23. The number of likely N-dealkylation sites (tertiary alicyclic amines) is 1. The van der Waals surface area contributed by atoms with Gasteiger partial charge in [-0.25, -0.2) is 0 Å². The molecule has 0 amide bonds. The highest BCUT2D eigenvalue weighted by Gasteiger charge is 2.28. The Labute approximate surface area is 113 Å². The van der Waals surface area contributed by atoms with Crippen LogP contribution in [0, 0.1) is 13.8 Å². The van der Waals surface area contributed by atoms with E-state index in [1.165, 1.54) is 24.1 Å². The van der Waals surface area contributed by atoms with Gasteiger partial charge in [0, 0.05) is 12.2 Å². The molecule has 1 aliphatic rings. The van der Waals surface area contributed by atoms with E-state index < -0.39 is 0 Å². The molecule has 1 aliphatic heterocycles. The third-order valence-electron chi connectivity index (χ3n) is 3.88. The second-order valence-electron chi connectivity index (χ2n) is 5.37. The Morgan fingerprint density at radius 3 is 3.00 bits per heavy atom. The van der Waals surface area contributed by atoms with Crippen molar-refractivity contribution in [3.05, 3.63) is 47.0 Å². The summed E-state index contributed by atoms with van der Waals surface area (Å²) in [7, 11) is 0. The van der Waals surface area contributed by atoms with Gasteiger partial charge in [-0.3, -0.25) is 15.0 Å². The van der Waals surface area contributed by atoms with Crippen LogP contribution in [0.1, 0.15) is 41.5 Å². The molecule has 19 heavy (non-hydrogen) atoms. The fourth-order valence-corrected chi connectivity index (χ4v) is 2.93. The van der Waals surface area contributed by atoms with Crippen LogP contribution in [0.2, 0.25) is 0 Å². The van der Waals surface area contributed by atoms with Gasteiger partial charge in [0.2, 0.25) is 0 Å². The molecule has 1 atom stereocenters. The molecular formula is C15H20N4. The predicted molar refractivity (Wildman–Crippen MR) is 74.7 cm³/mol. The summed E-state index contributed by atoms with van der Waals surface area (Å²) in [5.41, 5.74) is 4.77. The first-order valence-corrected chi connectivity index (χ1v) is 6.90. The molecule has 3 heterocycles. The van der Waals surface area contributed by atoms with Gasteiger partial charge in [0.1, 0.15) is 0 Å². The van der Waals surface area contributed by atoms with E-state index in [1.807, 2.05) is 19.2 Å². The molecule has 1 N–H and O–H groups in total. The second-order valence-corrected chi connectivity index (χ2v) is 5.37. The minimum Gasteiger partial charge on any atom is -0.289 e. The third-order valence-corrected chi connectivity index (χ3v) is 3.88. The molecule has 2 aromatic heterocycles. The zero-order valence-electron chi connectivity index (χ0n) is 11.6. The first-order chi connectivity index (χ1) is 9.24. The minimum atomic E-state index is 0.463. The summed E-state index contributed by atoms with van der Waals surface area (Å²) in [5, 5.41) is 7.32. The molecule has 0 aromatic carbocycles. The van der Waals surface area contributed by atoms with Crippen molar-refractivity contribution in [2.75, 3.05) is 6.54 Å². The number of aromatic amines is 1. The van der Waals surface area contributed by atoms with E-state index in [1.54, 1.807) is 0 Å². The minimum absolute atomic E-state index is 0.463. The zero-order chi connectivity index (χ0) is 13.2. The summed E-state index contributed by atoms with van der Waals surface area (Å²) < 4.78 is 0. The first-order valence-electron chi connectivity index (χ1n) is 6.90. The van der Waals surface area contributed by atoms with Gasteiger partial charge in [-0.1, -0.05) is 6.07 Å². The van der Waals surface area contributed by atoms with Crippen molar-refractivity contribution in [2.45, 2.75) is 39.3 Å². The van der Waals surface area contributed by atoms with Crippen LogP contribution >= 0.6 is 0 Å². The highest BCUT2D eigenvalue weighted by Crippen LogP contribution is 2.33. The Morgan fingerprint density at radius 1 is 1.37 bits per heavy atom. The Bertz CT molecular complexity index is 561. The Kier molecular flexibility index (Phi) is 3.34. The van der Waals surface area contributed by atoms with Crippen molar-refractivity contribution in [2.24, 2.45) is 0 Å². The molecule has 0 aliphatic carbocycles. The predicted octanol–water partition coefficient (Wildman–Crippen LogP) is 2.76. The van der Waals surface area contributed by atoms with Crippen LogP contribution in [-0.2, 0) is 6.54 Å². The molecule has 0 radical (unpaired) electrons. The number of aryl methyl sites for hydroxylation is 2. The van der Waals surface area contributed by atoms with Crippen molar-refractivity contribution in [1.29, 1.82) is 0 Å². The van der Waals surface area contributed by atoms with Crippen LogP contribution < -0.4 is 0 Å². The summed E-state index contributed by atoms with van der Waals surface area (Å²) >= 11 is 0. The van der Waals surface area contributed by atoms with E-state index in [2.05, 4.69) is 39.1 Å². The van der Waals surface area contributed by atoms with Crippen molar-refractivity contribution in [3.8, 4) is 0 Å². The molecule has 1 fully saturated rings. The zero-order valence-corrected chi connectivity index (χ0v) is 11.6. The van der Waals surface area contributed by atoms with E-state index in [9.17, 15) is 0 Å². The number of hydrogen-bond acceptors (Lipinski definition) is 3. The normalized spacial score (nSPS) is 20.0. The average Bonchev–Trinajstić information content (AvgIpc) is 2.98. The molecule has 0 saturated carbocycles. The topological polar surface area (TPSA) is 44.8 Å². The fourth-order valence-electron chi connectivity index (χ4n) is 2.93. The van der Waals surface area contributed by atoms with Gasteiger partial charge in [0.05, 0.1) is 23.6 Å². The maximum Gasteiger partial charge on any atom is 0.0553 e. The molecule has 1 saturated heterocycles. The third kappa shape index (κ3) is 2.54. The van der Waals surface area contributed by atoms with E-state index in [-0.39, 0.29) is 0 Å². The summed E-state index contributed by atoms with van der Waals surface area (Å²) in [4.78, 5) is 7.11. The van der Waals surface area contributed by atoms with E-state index in [0.717, 1.165) is 24.5 Å². The number of pyridine rings is 1. The van der Waals surface area contributed by atoms with Crippen LogP contribution in [0.5, 0.6) is 0 Å². The number of nitrogens with zero attached hydrogens (tertiary/aromatic N) is 3. The molecule has 4 heteroatoms. The molecule has 3 rings (SSSR count). The molecule has 0 unspecified atom stereocenters. The van der Waals surface area contributed by atoms with Crippen molar-refractivity contribution >= 4 is 0 Å². The molecule has 4 nitrogen and oxygen atoms in total. The largest absolute Gasteiger partial charge is 0.289 e. The van der Waals surface area contributed by atoms with Gasteiger partial charge >= 0.3 is 0 Å². The van der Waals surface area contributed by atoms with Gasteiger partial charge in [-0.05, 0) is 50.9 Å². The number of nitrogens with one attached hydrogen (secondary N) is 1. The van der Waals surface area contributed by atoms with Crippen LogP contribution in [0.4, 0.5) is 0 Å². The van der Waals surface area contributed by atoms with Crippen LogP contribution in [0.15, 0.2) is 24.4 Å². The smallest absolute Gasteiger partial charge is 0.0553 e. The molecule has 0 spiro atoms. The molecular weight excluding hydrogens is 236 g/mol. The number of H-pyrrole nitrogens is 1. The lowest BCUT2D eigenvalue weighted by molar-refractivity contribution is 0.240. The second kappa shape index (κ2) is 5.13. The fraction of sp³-hybridized carbons (Fsp3) is 0.467. The molecule has 0 bridgehead atoms. The SMILES string of the molecule is Cc1cccc(CN2CCC[C@@H]2c2[nH]ncc2C)n1. The maximum absolute atomic E-state index is 4.61. The van der Waals surface area contributed by atoms with E-state index in [4.69, 9.17) is 0 Å². The van der Waals surface area contributed by atoms with Gasteiger partial charge in [0.15, 0.2) is 0 Å². The van der Waals surface area contributed by atoms with Crippen molar-refractivity contribution < 1.29 is 0 Å². The average molecular weight is 256 g/mol. The van der Waals surface area contributed by atoms with Gasteiger partial charge in [-0.2, -0.15) is 5.10 Å². The Hall–Kier alpha value is -1.68. The van der Waals surface area contributed by atoms with Crippen LogP contribution in [0.25, 0.3) is 0 Å².